The Balaban J connectivity index is 2.04. The van der Waals surface area contributed by atoms with Crippen LogP contribution in [0.3, 0.4) is 0 Å². The Morgan fingerprint density at radius 2 is 1.74 bits per heavy atom. The van der Waals surface area contributed by atoms with Crippen LogP contribution < -0.4 is 0 Å². The molecule has 2 heteroatoms. The Labute approximate surface area is 115 Å². The number of hydrogen-bond acceptors (Lipinski definition) is 2. The van der Waals surface area contributed by atoms with E-state index in [1.54, 1.807) is 0 Å². The van der Waals surface area contributed by atoms with E-state index in [-0.39, 0.29) is 0 Å². The van der Waals surface area contributed by atoms with Crippen LogP contribution >= 0.6 is 0 Å². The number of rotatable bonds is 3. The fourth-order valence-electron chi connectivity index (χ4n) is 2.97. The molecule has 2 nitrogen and oxygen atoms in total. The average molecular weight is 252 g/mol. The lowest BCUT2D eigenvalue weighted by Crippen LogP contribution is -2.27. The summed E-state index contributed by atoms with van der Waals surface area (Å²) in [5.74, 6) is 0. The van der Waals surface area contributed by atoms with E-state index in [0.29, 0.717) is 6.04 Å². The summed E-state index contributed by atoms with van der Waals surface area (Å²) < 4.78 is 0. The molecule has 0 radical (unpaired) electrons. The Hall–Kier alpha value is -1.67. The highest BCUT2D eigenvalue weighted by atomic mass is 15.2. The maximum Gasteiger partial charge on any atom is 0.0778 e. The third-order valence-electron chi connectivity index (χ3n) is 3.96. The van der Waals surface area contributed by atoms with Crippen molar-refractivity contribution in [2.45, 2.75) is 25.8 Å². The van der Waals surface area contributed by atoms with Crippen LogP contribution in [-0.2, 0) is 0 Å². The molecule has 1 atom stereocenters. The second-order valence-corrected chi connectivity index (χ2v) is 5.26. The van der Waals surface area contributed by atoms with Gasteiger partial charge in [0.1, 0.15) is 0 Å². The highest BCUT2D eigenvalue weighted by Crippen LogP contribution is 2.31. The SMILES string of the molecule is Cc1ccccc1C(c1ccccn1)N1CCCC1. The molecule has 1 fully saturated rings. The second kappa shape index (κ2) is 5.54. The van der Waals surface area contributed by atoms with Gasteiger partial charge in [-0.2, -0.15) is 0 Å². The molecule has 0 aliphatic carbocycles. The Bertz CT molecular complexity index is 530. The third kappa shape index (κ3) is 2.54. The zero-order valence-electron chi connectivity index (χ0n) is 11.4. The summed E-state index contributed by atoms with van der Waals surface area (Å²) in [6, 6.07) is 15.2. The summed E-state index contributed by atoms with van der Waals surface area (Å²) in [5.41, 5.74) is 3.91. The zero-order chi connectivity index (χ0) is 13.1. The Kier molecular flexibility index (Phi) is 3.60. The van der Waals surface area contributed by atoms with Gasteiger partial charge in [-0.05, 0) is 56.1 Å². The van der Waals surface area contributed by atoms with E-state index in [1.165, 1.54) is 42.8 Å². The predicted octanol–water partition coefficient (Wildman–Crippen LogP) is 3.58. The zero-order valence-corrected chi connectivity index (χ0v) is 11.4. The quantitative estimate of drug-likeness (QED) is 0.830. The molecule has 1 aliphatic heterocycles. The lowest BCUT2D eigenvalue weighted by Gasteiger charge is -2.28. The molecular weight excluding hydrogens is 232 g/mol. The van der Waals surface area contributed by atoms with E-state index in [1.807, 2.05) is 12.3 Å². The van der Waals surface area contributed by atoms with Gasteiger partial charge in [0.2, 0.25) is 0 Å². The molecule has 0 spiro atoms. The molecule has 19 heavy (non-hydrogen) atoms. The average Bonchev–Trinajstić information content (AvgIpc) is 2.96. The van der Waals surface area contributed by atoms with E-state index in [4.69, 9.17) is 0 Å². The predicted molar refractivity (Wildman–Crippen MR) is 78.1 cm³/mol. The van der Waals surface area contributed by atoms with Crippen molar-refractivity contribution in [2.24, 2.45) is 0 Å². The van der Waals surface area contributed by atoms with E-state index in [2.05, 4.69) is 53.2 Å². The summed E-state index contributed by atoms with van der Waals surface area (Å²) in [6.07, 6.45) is 4.50. The molecule has 2 heterocycles. The first-order valence-corrected chi connectivity index (χ1v) is 7.07. The van der Waals surface area contributed by atoms with Gasteiger partial charge in [0, 0.05) is 6.20 Å². The molecule has 0 saturated carbocycles. The molecule has 3 rings (SSSR count). The van der Waals surface area contributed by atoms with Gasteiger partial charge >= 0.3 is 0 Å². The number of aryl methyl sites for hydroxylation is 1. The largest absolute Gasteiger partial charge is 0.291 e. The first-order valence-electron chi connectivity index (χ1n) is 7.07. The van der Waals surface area contributed by atoms with Crippen LogP contribution in [0.1, 0.15) is 35.7 Å². The van der Waals surface area contributed by atoms with Crippen LogP contribution in [-0.4, -0.2) is 23.0 Å². The maximum absolute atomic E-state index is 4.60. The highest BCUT2D eigenvalue weighted by Gasteiger charge is 2.26. The van der Waals surface area contributed by atoms with Crippen molar-refractivity contribution in [3.8, 4) is 0 Å². The van der Waals surface area contributed by atoms with E-state index in [9.17, 15) is 0 Å². The van der Waals surface area contributed by atoms with Crippen molar-refractivity contribution in [1.29, 1.82) is 0 Å². The smallest absolute Gasteiger partial charge is 0.0778 e. The first kappa shape index (κ1) is 12.4. The van der Waals surface area contributed by atoms with Crippen molar-refractivity contribution >= 4 is 0 Å². The molecule has 1 aliphatic rings. The van der Waals surface area contributed by atoms with Crippen molar-refractivity contribution < 1.29 is 0 Å². The molecule has 1 saturated heterocycles. The van der Waals surface area contributed by atoms with Crippen LogP contribution in [0.5, 0.6) is 0 Å². The number of hydrogen-bond donors (Lipinski definition) is 0. The highest BCUT2D eigenvalue weighted by molar-refractivity contribution is 5.34. The van der Waals surface area contributed by atoms with E-state index in [0.717, 1.165) is 0 Å². The van der Waals surface area contributed by atoms with Gasteiger partial charge in [-0.1, -0.05) is 30.3 Å². The minimum absolute atomic E-state index is 0.310. The van der Waals surface area contributed by atoms with Crippen molar-refractivity contribution in [1.82, 2.24) is 9.88 Å². The summed E-state index contributed by atoms with van der Waals surface area (Å²) in [7, 11) is 0. The summed E-state index contributed by atoms with van der Waals surface area (Å²) >= 11 is 0. The monoisotopic (exact) mass is 252 g/mol. The molecule has 2 aromatic rings. The number of pyridine rings is 1. The number of benzene rings is 1. The van der Waals surface area contributed by atoms with Gasteiger partial charge in [0.05, 0.1) is 11.7 Å². The summed E-state index contributed by atoms with van der Waals surface area (Å²) in [4.78, 5) is 7.16. The lowest BCUT2D eigenvalue weighted by atomic mass is 9.97. The van der Waals surface area contributed by atoms with Crippen LogP contribution in [0.25, 0.3) is 0 Å². The Morgan fingerprint density at radius 1 is 1.00 bits per heavy atom. The minimum atomic E-state index is 0.310. The van der Waals surface area contributed by atoms with Gasteiger partial charge < -0.3 is 0 Å². The van der Waals surface area contributed by atoms with Crippen LogP contribution in [0.2, 0.25) is 0 Å². The second-order valence-electron chi connectivity index (χ2n) is 5.26. The minimum Gasteiger partial charge on any atom is -0.291 e. The molecule has 1 unspecified atom stereocenters. The van der Waals surface area contributed by atoms with Crippen LogP contribution in [0.4, 0.5) is 0 Å². The molecule has 0 amide bonds. The maximum atomic E-state index is 4.60. The molecule has 0 bridgehead atoms. The molecular formula is C17H20N2. The topological polar surface area (TPSA) is 16.1 Å². The van der Waals surface area contributed by atoms with Gasteiger partial charge in [0.15, 0.2) is 0 Å². The molecule has 98 valence electrons. The molecule has 1 aromatic heterocycles. The van der Waals surface area contributed by atoms with E-state index >= 15 is 0 Å². The molecule has 0 N–H and O–H groups in total. The van der Waals surface area contributed by atoms with Gasteiger partial charge in [0.25, 0.3) is 0 Å². The normalized spacial score (nSPS) is 17.5. The van der Waals surface area contributed by atoms with Crippen LogP contribution in [0, 0.1) is 6.92 Å². The fraction of sp³-hybridized carbons (Fsp3) is 0.353. The lowest BCUT2D eigenvalue weighted by molar-refractivity contribution is 0.276. The van der Waals surface area contributed by atoms with Gasteiger partial charge in [-0.15, -0.1) is 0 Å². The molecule has 1 aromatic carbocycles. The standard InChI is InChI=1S/C17H20N2/c1-14-8-2-3-9-15(14)17(19-12-6-7-13-19)16-10-4-5-11-18-16/h2-5,8-11,17H,6-7,12-13H2,1H3. The third-order valence-corrected chi connectivity index (χ3v) is 3.96. The van der Waals surface area contributed by atoms with Gasteiger partial charge in [-0.25, -0.2) is 0 Å². The van der Waals surface area contributed by atoms with Crippen LogP contribution in [0.15, 0.2) is 48.7 Å². The number of nitrogens with zero attached hydrogens (tertiary/aromatic N) is 2. The summed E-state index contributed by atoms with van der Waals surface area (Å²) in [6.45, 7) is 4.55. The van der Waals surface area contributed by atoms with Crippen molar-refractivity contribution in [3.05, 3.63) is 65.5 Å². The van der Waals surface area contributed by atoms with Gasteiger partial charge in [-0.3, -0.25) is 9.88 Å². The number of aromatic nitrogens is 1. The van der Waals surface area contributed by atoms with Crippen molar-refractivity contribution in [2.75, 3.05) is 13.1 Å². The number of likely N-dealkylation sites (tertiary alicyclic amines) is 1. The first-order chi connectivity index (χ1) is 9.36. The van der Waals surface area contributed by atoms with Crippen molar-refractivity contribution in [3.63, 3.8) is 0 Å². The Morgan fingerprint density at radius 3 is 2.42 bits per heavy atom. The fourth-order valence-corrected chi connectivity index (χ4v) is 2.97. The van der Waals surface area contributed by atoms with E-state index < -0.39 is 0 Å². The summed E-state index contributed by atoms with van der Waals surface area (Å²) in [5, 5.41) is 0.